The zero-order chi connectivity index (χ0) is 56.7. The predicted molar refractivity (Wildman–Crippen MR) is 295 cm³/mol. The van der Waals surface area contributed by atoms with E-state index < -0.39 is 60.8 Å². The van der Waals surface area contributed by atoms with E-state index in [2.05, 4.69) is 16.3 Å². The van der Waals surface area contributed by atoms with Crippen molar-refractivity contribution >= 4 is 116 Å². The smallest absolute Gasteiger partial charge is 0.412 e. The van der Waals surface area contributed by atoms with Gasteiger partial charge in [-0.15, -0.1) is 0 Å². The molecule has 420 valence electrons. The zero-order valence-electron chi connectivity index (χ0n) is 41.7. The molecule has 4 aliphatic rings. The number of carbonyl (C=O) groups excluding carboxylic acids is 2. The minimum atomic E-state index is -4.59. The summed E-state index contributed by atoms with van der Waals surface area (Å²) in [4.78, 5) is 26.0. The average molecular weight is 1260 g/mol. The molecule has 2 aliphatic carbocycles. The molecule has 2 spiro atoms. The number of aliphatic hydroxyl groups excluding tert-OH is 1. The Morgan fingerprint density at radius 1 is 0.636 bits per heavy atom. The molecule has 2 unspecified atom stereocenters. The molecule has 4 aromatic carbocycles. The number of rotatable bonds is 14. The molecule has 2 aliphatic heterocycles. The van der Waals surface area contributed by atoms with Crippen LogP contribution in [0.3, 0.4) is 0 Å². The minimum absolute atomic E-state index is 0.0273. The summed E-state index contributed by atoms with van der Waals surface area (Å²) in [5.74, 6) is -1.21. The van der Waals surface area contributed by atoms with E-state index in [4.69, 9.17) is 97.4 Å². The number of aliphatic hydroxyl groups is 1. The Labute approximate surface area is 477 Å². The van der Waals surface area contributed by atoms with Gasteiger partial charge in [0.1, 0.15) is 23.4 Å². The monoisotopic (exact) mass is 1250 g/mol. The van der Waals surface area contributed by atoms with Crippen LogP contribution in [0, 0.1) is 13.8 Å². The van der Waals surface area contributed by atoms with Crippen LogP contribution in [-0.2, 0) is 78.9 Å². The Balaban J connectivity index is 0.000000217. The lowest BCUT2D eigenvalue weighted by atomic mass is 9.81. The highest BCUT2D eigenvalue weighted by atomic mass is 35.7. The molecule has 2 fully saturated rings. The van der Waals surface area contributed by atoms with E-state index in [1.165, 1.54) is 19.4 Å². The Kier molecular flexibility index (Phi) is 21.6. The molecular weight excluding hydrogens is 1200 g/mol. The number of aryl methyl sites for hydroxylation is 2. The van der Waals surface area contributed by atoms with Gasteiger partial charge in [-0.1, -0.05) is 130 Å². The van der Waals surface area contributed by atoms with Crippen molar-refractivity contribution in [3.8, 4) is 0 Å². The number of esters is 2. The molecule has 10 nitrogen and oxygen atoms in total. The Morgan fingerprint density at radius 2 is 1.03 bits per heavy atom. The Hall–Kier alpha value is -2.93. The van der Waals surface area contributed by atoms with Gasteiger partial charge in [-0.2, -0.15) is 26.3 Å². The fourth-order valence-corrected chi connectivity index (χ4v) is 12.5. The quantitative estimate of drug-likeness (QED) is 0.0735. The van der Waals surface area contributed by atoms with Crippen LogP contribution < -0.4 is 0 Å². The molecule has 25 heteroatoms. The van der Waals surface area contributed by atoms with Gasteiger partial charge in [0.2, 0.25) is 6.49 Å². The molecule has 0 saturated heterocycles. The lowest BCUT2D eigenvalue weighted by Crippen LogP contribution is -2.39. The van der Waals surface area contributed by atoms with Gasteiger partial charge in [0.05, 0.1) is 35.5 Å². The number of hydrogen-bond donors (Lipinski definition) is 1. The molecular formula is C52H53Cl5F6O10P2S2. The van der Waals surface area contributed by atoms with Crippen LogP contribution in [0.25, 0.3) is 11.1 Å². The van der Waals surface area contributed by atoms with Crippen molar-refractivity contribution in [2.75, 3.05) is 26.5 Å². The van der Waals surface area contributed by atoms with Crippen LogP contribution in [0.2, 0.25) is 20.1 Å². The number of halogens is 11. The molecule has 2 heterocycles. The molecule has 2 atom stereocenters. The van der Waals surface area contributed by atoms with E-state index in [0.717, 1.165) is 16.7 Å². The normalized spacial score (nSPS) is 23.1. The molecule has 0 bridgehead atoms. The highest BCUT2D eigenvalue weighted by Crippen LogP contribution is 2.57. The largest absolute Gasteiger partial charge is 0.507 e. The van der Waals surface area contributed by atoms with Crippen LogP contribution in [0.1, 0.15) is 84.7 Å². The van der Waals surface area contributed by atoms with Crippen molar-refractivity contribution in [2.24, 2.45) is 0 Å². The second-order valence-electron chi connectivity index (χ2n) is 18.7. The molecule has 2 saturated carbocycles. The van der Waals surface area contributed by atoms with Gasteiger partial charge in [0, 0.05) is 34.5 Å². The average Bonchev–Trinajstić information content (AvgIpc) is 3.74. The Bertz CT molecular complexity index is 2880. The van der Waals surface area contributed by atoms with Gasteiger partial charge in [0.15, 0.2) is 29.3 Å². The molecule has 0 amide bonds. The lowest BCUT2D eigenvalue weighted by Gasteiger charge is -2.38. The van der Waals surface area contributed by atoms with Crippen molar-refractivity contribution in [1.82, 2.24) is 0 Å². The lowest BCUT2D eigenvalue weighted by molar-refractivity contribution is -0.155. The molecule has 1 N–H and O–H groups in total. The van der Waals surface area contributed by atoms with Crippen LogP contribution in [-0.4, -0.2) is 79.4 Å². The summed E-state index contributed by atoms with van der Waals surface area (Å²) in [6.07, 6.45) is -4.82. The standard InChI is InChI=1S/C26H26Cl2F3O5PS.C23H22Cl2O4.C3H5ClF3OPS/c1-16-12-18(27)13-20(28)21(16)22-23(36-37(2,38)34-15-26(29,30)31)25(35-24(22)32)10-8-19(9-11-25)33-14-17-6-4-3-5-7-17;1-14-11-16(24)12-18(25)19(14)20-21(26)23(29-22(20)27)9-7-17(8-10-23)28-13-15-5-3-2-4-6-15;1-9(4,10)8-2-3(5,6)7/h3-7,12-13,19H,8-11,14-15H2,1-2H3;2-6,11-12,17,26H,7-10,13H2,1H3;2H2,1H3. The second kappa shape index (κ2) is 26.3. The topological polar surface area (TPSA) is 119 Å². The maximum absolute atomic E-state index is 13.3. The van der Waals surface area contributed by atoms with Crippen LogP contribution in [0.15, 0.2) is 96.4 Å². The molecule has 0 radical (unpaired) electrons. The first-order valence-corrected chi connectivity index (χ1v) is 32.4. The second-order valence-corrected chi connectivity index (χ2v) is 30.8. The first-order chi connectivity index (χ1) is 35.9. The molecule has 0 aromatic heterocycles. The number of hydrogen-bond acceptors (Lipinski definition) is 12. The first-order valence-electron chi connectivity index (χ1n) is 23.7. The van der Waals surface area contributed by atoms with Crippen molar-refractivity contribution < 1.29 is 73.6 Å². The first kappa shape index (κ1) is 63.3. The number of carbonyl (C=O) groups is 2. The fraction of sp³-hybridized carbons (Fsp3) is 0.423. The number of alkyl halides is 6. The van der Waals surface area contributed by atoms with Gasteiger partial charge >= 0.3 is 24.3 Å². The van der Waals surface area contributed by atoms with E-state index in [1.807, 2.05) is 60.7 Å². The maximum atomic E-state index is 13.3. The summed E-state index contributed by atoms with van der Waals surface area (Å²) < 4.78 is 112. The third-order valence-corrected chi connectivity index (χ3v) is 16.5. The summed E-state index contributed by atoms with van der Waals surface area (Å²) in [5, 5.41) is 12.4. The van der Waals surface area contributed by atoms with E-state index in [-0.39, 0.29) is 39.9 Å². The van der Waals surface area contributed by atoms with E-state index >= 15 is 0 Å². The third-order valence-electron chi connectivity index (χ3n) is 12.6. The number of ether oxygens (including phenoxy) is 4. The summed E-state index contributed by atoms with van der Waals surface area (Å²) in [6.45, 7) is 0.641. The SMILES string of the molecule is CP(=S)(Cl)OCC(F)(F)F.Cc1cc(Cl)cc(Cl)c1C1=C(O)C2(CCC(OCc3ccccc3)CC2)OC1=O.Cc1cc(Cl)cc(Cl)c1C1=C(OP(C)(=S)OCC(F)(F)F)C2(CCC(OCc3ccccc3)CC2)OC1=O. The van der Waals surface area contributed by atoms with Crippen LogP contribution in [0.4, 0.5) is 26.3 Å². The molecule has 4 aromatic rings. The summed E-state index contributed by atoms with van der Waals surface area (Å²) in [6, 6.07) is 26.1. The summed E-state index contributed by atoms with van der Waals surface area (Å²) >= 11 is 40.0. The van der Waals surface area contributed by atoms with E-state index in [0.29, 0.717) is 96.3 Å². The van der Waals surface area contributed by atoms with Crippen molar-refractivity contribution in [2.45, 2.75) is 114 Å². The molecule has 77 heavy (non-hydrogen) atoms. The van der Waals surface area contributed by atoms with Crippen molar-refractivity contribution in [1.29, 1.82) is 0 Å². The third kappa shape index (κ3) is 17.8. The number of benzene rings is 4. The summed E-state index contributed by atoms with van der Waals surface area (Å²) in [5.41, 5.74) is -0.447. The van der Waals surface area contributed by atoms with Crippen molar-refractivity contribution in [3.63, 3.8) is 0 Å². The van der Waals surface area contributed by atoms with Gasteiger partial charge in [-0.3, -0.25) is 0 Å². The van der Waals surface area contributed by atoms with E-state index in [1.54, 1.807) is 32.0 Å². The zero-order valence-corrected chi connectivity index (χ0v) is 48.9. The predicted octanol–water partition coefficient (Wildman–Crippen LogP) is 16.8. The Morgan fingerprint density at radius 3 is 1.43 bits per heavy atom. The fourth-order valence-electron chi connectivity index (χ4n) is 9.06. The van der Waals surface area contributed by atoms with Gasteiger partial charge in [-0.05, 0) is 124 Å². The van der Waals surface area contributed by atoms with Gasteiger partial charge < -0.3 is 37.6 Å². The maximum Gasteiger partial charge on any atom is 0.412 e. The highest BCUT2D eigenvalue weighted by molar-refractivity contribution is 8.24. The molecule has 8 rings (SSSR count). The highest BCUT2D eigenvalue weighted by Gasteiger charge is 2.54. The van der Waals surface area contributed by atoms with Crippen molar-refractivity contribution in [3.05, 3.63) is 150 Å². The van der Waals surface area contributed by atoms with E-state index in [9.17, 15) is 41.0 Å². The summed E-state index contributed by atoms with van der Waals surface area (Å²) in [7, 11) is 0. The van der Waals surface area contributed by atoms with Gasteiger partial charge in [-0.25, -0.2) is 9.59 Å². The van der Waals surface area contributed by atoms with Crippen LogP contribution >= 0.6 is 69.8 Å². The van der Waals surface area contributed by atoms with Gasteiger partial charge in [0.25, 0.3) is 0 Å². The van der Waals surface area contributed by atoms with Crippen LogP contribution in [0.5, 0.6) is 0 Å². The minimum Gasteiger partial charge on any atom is -0.507 e.